The minimum atomic E-state index is 0.265. The van der Waals surface area contributed by atoms with E-state index in [1.54, 1.807) is 10.7 Å². The molecule has 5 rings (SSSR count). The number of anilines is 1. The molecule has 0 saturated heterocycles. The van der Waals surface area contributed by atoms with Crippen LogP contribution in [0.15, 0.2) is 21.4 Å². The predicted octanol–water partition coefficient (Wildman–Crippen LogP) is 1.52. The Balaban J connectivity index is 1.38. The van der Waals surface area contributed by atoms with E-state index in [0.717, 1.165) is 42.5 Å². The first-order valence-corrected chi connectivity index (χ1v) is 8.66. The van der Waals surface area contributed by atoms with Crippen LogP contribution in [0.5, 0.6) is 0 Å². The summed E-state index contributed by atoms with van der Waals surface area (Å²) >= 11 is 0. The second kappa shape index (κ2) is 5.88. The molecule has 4 aromatic rings. The van der Waals surface area contributed by atoms with E-state index in [4.69, 9.17) is 14.6 Å². The number of hydrogen-bond acceptors (Lipinski definition) is 9. The van der Waals surface area contributed by atoms with E-state index in [1.807, 2.05) is 13.8 Å². The van der Waals surface area contributed by atoms with Gasteiger partial charge in [-0.2, -0.15) is 4.52 Å². The minimum absolute atomic E-state index is 0.265. The zero-order valence-electron chi connectivity index (χ0n) is 15.0. The first kappa shape index (κ1) is 15.9. The second-order valence-corrected chi connectivity index (χ2v) is 6.64. The van der Waals surface area contributed by atoms with Crippen molar-refractivity contribution in [1.82, 2.24) is 34.4 Å². The average Bonchev–Trinajstić information content (AvgIpc) is 3.38. The van der Waals surface area contributed by atoms with Gasteiger partial charge in [-0.05, 0) is 6.92 Å². The van der Waals surface area contributed by atoms with E-state index in [1.165, 1.54) is 6.39 Å². The lowest BCUT2D eigenvalue weighted by atomic mass is 10.2. The van der Waals surface area contributed by atoms with Gasteiger partial charge in [-0.25, -0.2) is 19.9 Å². The largest absolute Gasteiger partial charge is 0.444 e. The SMILES string of the molecule is Cc1nc2c(o1)CN(CCc1nc3c(C)c(-c4cnco4)nc(N)n3n1)C2. The van der Waals surface area contributed by atoms with Crippen molar-refractivity contribution in [3.05, 3.63) is 41.3 Å². The summed E-state index contributed by atoms with van der Waals surface area (Å²) in [7, 11) is 0. The number of aromatic nitrogens is 6. The number of aryl methyl sites for hydroxylation is 2. The maximum absolute atomic E-state index is 6.08. The third-order valence-corrected chi connectivity index (χ3v) is 4.73. The maximum Gasteiger partial charge on any atom is 0.223 e. The van der Waals surface area contributed by atoms with Gasteiger partial charge in [0.05, 0.1) is 18.4 Å². The molecular formula is C17H18N8O2. The molecule has 0 saturated carbocycles. The Morgan fingerprint density at radius 1 is 1.19 bits per heavy atom. The minimum Gasteiger partial charge on any atom is -0.444 e. The van der Waals surface area contributed by atoms with E-state index in [9.17, 15) is 0 Å². The fourth-order valence-corrected chi connectivity index (χ4v) is 3.43. The molecule has 138 valence electrons. The third kappa shape index (κ3) is 2.65. The number of hydrogen-bond donors (Lipinski definition) is 1. The zero-order valence-corrected chi connectivity index (χ0v) is 15.0. The van der Waals surface area contributed by atoms with Crippen LogP contribution in [0.4, 0.5) is 5.95 Å². The highest BCUT2D eigenvalue weighted by Gasteiger charge is 2.25. The topological polar surface area (TPSA) is 124 Å². The van der Waals surface area contributed by atoms with E-state index < -0.39 is 0 Å². The molecule has 0 aliphatic carbocycles. The molecule has 0 radical (unpaired) electrons. The van der Waals surface area contributed by atoms with Crippen LogP contribution >= 0.6 is 0 Å². The number of nitrogen functional groups attached to an aromatic ring is 1. The molecule has 0 fully saturated rings. The lowest BCUT2D eigenvalue weighted by Gasteiger charge is -2.12. The standard InChI is InChI=1S/C17H18N8O2/c1-9-15(12-5-19-8-26-12)22-17(18)25-16(9)21-14(23-25)3-4-24-6-11-13(7-24)27-10(2)20-11/h5,8H,3-4,6-7H2,1-2H3,(H2,18,22). The van der Waals surface area contributed by atoms with Crippen LogP contribution in [0.25, 0.3) is 17.1 Å². The zero-order chi connectivity index (χ0) is 18.5. The van der Waals surface area contributed by atoms with Crippen LogP contribution in [0, 0.1) is 13.8 Å². The van der Waals surface area contributed by atoms with Gasteiger partial charge >= 0.3 is 0 Å². The first-order chi connectivity index (χ1) is 13.1. The average molecular weight is 366 g/mol. The number of nitrogens with zero attached hydrogens (tertiary/aromatic N) is 7. The van der Waals surface area contributed by atoms with Crippen molar-refractivity contribution >= 4 is 11.6 Å². The lowest BCUT2D eigenvalue weighted by molar-refractivity contribution is 0.264. The molecule has 10 nitrogen and oxygen atoms in total. The monoisotopic (exact) mass is 366 g/mol. The second-order valence-electron chi connectivity index (χ2n) is 6.64. The molecule has 10 heteroatoms. The summed E-state index contributed by atoms with van der Waals surface area (Å²) in [6.45, 7) is 6.16. The van der Waals surface area contributed by atoms with Gasteiger partial charge in [-0.1, -0.05) is 0 Å². The maximum atomic E-state index is 6.08. The van der Waals surface area contributed by atoms with Gasteiger partial charge in [0.25, 0.3) is 0 Å². The van der Waals surface area contributed by atoms with E-state index in [-0.39, 0.29) is 5.95 Å². The molecule has 0 atom stereocenters. The highest BCUT2D eigenvalue weighted by Crippen LogP contribution is 2.26. The predicted molar refractivity (Wildman–Crippen MR) is 94.5 cm³/mol. The van der Waals surface area contributed by atoms with Crippen LogP contribution in [0.3, 0.4) is 0 Å². The summed E-state index contributed by atoms with van der Waals surface area (Å²) in [6.07, 6.45) is 3.67. The molecule has 0 aromatic carbocycles. The molecule has 0 amide bonds. The Labute approximate surface area is 154 Å². The molecular weight excluding hydrogens is 348 g/mol. The smallest absolute Gasteiger partial charge is 0.223 e. The van der Waals surface area contributed by atoms with Crippen LogP contribution in [-0.4, -0.2) is 41.0 Å². The number of nitrogens with two attached hydrogens (primary N) is 1. The van der Waals surface area contributed by atoms with Crippen LogP contribution in [-0.2, 0) is 19.5 Å². The van der Waals surface area contributed by atoms with Gasteiger partial charge in [0.15, 0.2) is 29.5 Å². The molecule has 4 aromatic heterocycles. The van der Waals surface area contributed by atoms with E-state index >= 15 is 0 Å². The van der Waals surface area contributed by atoms with Gasteiger partial charge in [-0.15, -0.1) is 5.10 Å². The Hall–Kier alpha value is -3.27. The molecule has 1 aliphatic rings. The summed E-state index contributed by atoms with van der Waals surface area (Å²) in [6, 6.07) is 0. The highest BCUT2D eigenvalue weighted by molar-refractivity contribution is 5.67. The molecule has 1 aliphatic heterocycles. The number of fused-ring (bicyclic) bond motifs is 2. The van der Waals surface area contributed by atoms with E-state index in [2.05, 4.69) is 29.9 Å². The summed E-state index contributed by atoms with van der Waals surface area (Å²) in [5.41, 5.74) is 9.25. The van der Waals surface area contributed by atoms with Crippen molar-refractivity contribution in [1.29, 1.82) is 0 Å². The number of oxazole rings is 2. The van der Waals surface area contributed by atoms with Crippen molar-refractivity contribution in [2.75, 3.05) is 12.3 Å². The highest BCUT2D eigenvalue weighted by atomic mass is 16.4. The van der Waals surface area contributed by atoms with Crippen LogP contribution < -0.4 is 5.73 Å². The Morgan fingerprint density at radius 3 is 2.85 bits per heavy atom. The van der Waals surface area contributed by atoms with Gasteiger partial charge < -0.3 is 14.6 Å². The van der Waals surface area contributed by atoms with Crippen LogP contribution in [0.1, 0.15) is 28.7 Å². The normalized spacial score (nSPS) is 14.3. The summed E-state index contributed by atoms with van der Waals surface area (Å²) in [4.78, 5) is 19.7. The van der Waals surface area contributed by atoms with E-state index in [0.29, 0.717) is 29.3 Å². The fraction of sp³-hybridized carbons (Fsp3) is 0.353. The molecule has 0 spiro atoms. The van der Waals surface area contributed by atoms with Gasteiger partial charge in [-0.3, -0.25) is 4.90 Å². The van der Waals surface area contributed by atoms with Crippen molar-refractivity contribution in [2.24, 2.45) is 0 Å². The summed E-state index contributed by atoms with van der Waals surface area (Å²) in [5.74, 6) is 3.22. The Morgan fingerprint density at radius 2 is 2.07 bits per heavy atom. The molecule has 5 heterocycles. The van der Waals surface area contributed by atoms with Crippen molar-refractivity contribution in [2.45, 2.75) is 33.4 Å². The van der Waals surface area contributed by atoms with Crippen molar-refractivity contribution < 1.29 is 8.83 Å². The first-order valence-electron chi connectivity index (χ1n) is 8.66. The lowest BCUT2D eigenvalue weighted by Crippen LogP contribution is -2.20. The molecule has 27 heavy (non-hydrogen) atoms. The quantitative estimate of drug-likeness (QED) is 0.572. The summed E-state index contributed by atoms with van der Waals surface area (Å²) in [5, 5.41) is 4.51. The van der Waals surface area contributed by atoms with Crippen molar-refractivity contribution in [3.63, 3.8) is 0 Å². The van der Waals surface area contributed by atoms with Crippen LogP contribution in [0.2, 0.25) is 0 Å². The molecule has 0 unspecified atom stereocenters. The Kier molecular flexibility index (Phi) is 3.47. The fourth-order valence-electron chi connectivity index (χ4n) is 3.43. The third-order valence-electron chi connectivity index (χ3n) is 4.73. The van der Waals surface area contributed by atoms with Gasteiger partial charge in [0.1, 0.15) is 11.5 Å². The number of rotatable bonds is 4. The Bertz CT molecular complexity index is 1100. The van der Waals surface area contributed by atoms with Crippen molar-refractivity contribution in [3.8, 4) is 11.5 Å². The van der Waals surface area contributed by atoms with Gasteiger partial charge in [0.2, 0.25) is 5.95 Å². The molecule has 2 N–H and O–H groups in total. The molecule has 0 bridgehead atoms. The summed E-state index contributed by atoms with van der Waals surface area (Å²) < 4.78 is 12.5. The van der Waals surface area contributed by atoms with Gasteiger partial charge in [0, 0.05) is 32.0 Å².